The number of thioether (sulfide) groups is 1. The van der Waals surface area contributed by atoms with E-state index in [0.717, 1.165) is 10.5 Å². The van der Waals surface area contributed by atoms with Crippen LogP contribution in [0.2, 0.25) is 5.02 Å². The first kappa shape index (κ1) is 22.8. The number of aromatic nitrogens is 1. The molecular weight excluding hydrogens is 458 g/mol. The van der Waals surface area contributed by atoms with Crippen molar-refractivity contribution in [3.8, 4) is 11.3 Å². The third-order valence-corrected chi connectivity index (χ3v) is 6.07. The molecule has 0 saturated carbocycles. The van der Waals surface area contributed by atoms with E-state index in [0.29, 0.717) is 21.5 Å². The van der Waals surface area contributed by atoms with E-state index in [4.69, 9.17) is 16.7 Å². The third-order valence-electron chi connectivity index (χ3n) is 3.97. The van der Waals surface area contributed by atoms with Gasteiger partial charge in [-0.3, -0.25) is 14.4 Å². The molecule has 0 radical (unpaired) electrons. The van der Waals surface area contributed by atoms with Gasteiger partial charge in [0.15, 0.2) is 5.13 Å². The number of halogens is 1. The van der Waals surface area contributed by atoms with Gasteiger partial charge in [0.05, 0.1) is 17.9 Å². The number of amides is 2. The number of thiazole rings is 1. The Morgan fingerprint density at radius 3 is 2.45 bits per heavy atom. The smallest absolute Gasteiger partial charge is 0.303 e. The second-order valence-corrected chi connectivity index (χ2v) is 8.63. The van der Waals surface area contributed by atoms with Gasteiger partial charge in [-0.2, -0.15) is 0 Å². The summed E-state index contributed by atoms with van der Waals surface area (Å²) in [4.78, 5) is 39.7. The van der Waals surface area contributed by atoms with E-state index in [9.17, 15) is 14.4 Å². The van der Waals surface area contributed by atoms with Crippen molar-refractivity contribution >= 4 is 63.3 Å². The number of nitrogens with one attached hydrogen (secondary N) is 2. The Hall–Kier alpha value is -2.88. The lowest BCUT2D eigenvalue weighted by atomic mass is 10.2. The standard InChI is InChI=1S/C21H18ClN3O4S2/c22-16-4-2-1-3-15(16)17-11-31-21(24-17)25-19(27)12-30-14-7-5-13(6-8-14)23-18(26)9-10-20(28)29/h1-8,11H,9-10,12H2,(H,23,26)(H,28,29)(H,24,25,27). The Morgan fingerprint density at radius 1 is 1.00 bits per heavy atom. The number of rotatable bonds is 9. The number of carboxylic acid groups (broad SMARTS) is 1. The predicted octanol–water partition coefficient (Wildman–Crippen LogP) is 5.00. The second-order valence-electron chi connectivity index (χ2n) is 6.32. The highest BCUT2D eigenvalue weighted by Crippen LogP contribution is 2.30. The van der Waals surface area contributed by atoms with Crippen molar-refractivity contribution in [3.63, 3.8) is 0 Å². The Balaban J connectivity index is 1.47. The topological polar surface area (TPSA) is 108 Å². The fraction of sp³-hybridized carbons (Fsp3) is 0.143. The number of carbonyl (C=O) groups excluding carboxylic acids is 2. The van der Waals surface area contributed by atoms with E-state index in [1.165, 1.54) is 23.1 Å². The van der Waals surface area contributed by atoms with Crippen LogP contribution in [0.15, 0.2) is 58.8 Å². The summed E-state index contributed by atoms with van der Waals surface area (Å²) >= 11 is 8.86. The number of hydrogen-bond acceptors (Lipinski definition) is 6. The number of carboxylic acids is 1. The summed E-state index contributed by atoms with van der Waals surface area (Å²) < 4.78 is 0. The quantitative estimate of drug-likeness (QED) is 0.376. The molecule has 1 heterocycles. The van der Waals surface area contributed by atoms with Gasteiger partial charge in [0.1, 0.15) is 0 Å². The Morgan fingerprint density at radius 2 is 1.74 bits per heavy atom. The molecule has 2 amide bonds. The van der Waals surface area contributed by atoms with Gasteiger partial charge in [-0.25, -0.2) is 4.98 Å². The van der Waals surface area contributed by atoms with Gasteiger partial charge in [0.2, 0.25) is 11.8 Å². The van der Waals surface area contributed by atoms with Gasteiger partial charge < -0.3 is 15.7 Å². The largest absolute Gasteiger partial charge is 0.481 e. The monoisotopic (exact) mass is 475 g/mol. The Labute approximate surface area is 191 Å². The third kappa shape index (κ3) is 7.09. The number of hydrogen-bond donors (Lipinski definition) is 3. The molecule has 3 rings (SSSR count). The lowest BCUT2D eigenvalue weighted by Gasteiger charge is -2.06. The van der Waals surface area contributed by atoms with E-state index in [1.54, 1.807) is 30.3 Å². The molecule has 7 nitrogen and oxygen atoms in total. The molecule has 3 N–H and O–H groups in total. The van der Waals surface area contributed by atoms with Crippen LogP contribution in [-0.2, 0) is 14.4 Å². The zero-order chi connectivity index (χ0) is 22.2. The minimum atomic E-state index is -1.02. The fourth-order valence-electron chi connectivity index (χ4n) is 2.51. The second kappa shape index (κ2) is 10.9. The molecule has 1 aromatic heterocycles. The number of anilines is 2. The molecule has 0 aliphatic carbocycles. The first-order valence-corrected chi connectivity index (χ1v) is 11.4. The zero-order valence-electron chi connectivity index (χ0n) is 16.1. The van der Waals surface area contributed by atoms with Crippen LogP contribution >= 0.6 is 34.7 Å². The molecular formula is C21H18ClN3O4S2. The molecule has 0 saturated heterocycles. The SMILES string of the molecule is O=C(O)CCC(=O)Nc1ccc(SCC(=O)Nc2nc(-c3ccccc3Cl)cs2)cc1. The lowest BCUT2D eigenvalue weighted by Crippen LogP contribution is -2.14. The Kier molecular flexibility index (Phi) is 8.05. The number of aliphatic carboxylic acids is 1. The molecule has 0 fully saturated rings. The minimum absolute atomic E-state index is 0.0824. The van der Waals surface area contributed by atoms with Gasteiger partial charge in [0.25, 0.3) is 0 Å². The molecule has 0 aliphatic rings. The predicted molar refractivity (Wildman–Crippen MR) is 124 cm³/mol. The molecule has 0 spiro atoms. The van der Waals surface area contributed by atoms with Gasteiger partial charge in [-0.15, -0.1) is 23.1 Å². The van der Waals surface area contributed by atoms with Crippen LogP contribution in [0.1, 0.15) is 12.8 Å². The number of benzene rings is 2. The van der Waals surface area contributed by atoms with Gasteiger partial charge in [-0.05, 0) is 30.3 Å². The average Bonchev–Trinajstić information content (AvgIpc) is 3.20. The van der Waals surface area contributed by atoms with Crippen molar-refractivity contribution in [2.75, 3.05) is 16.4 Å². The van der Waals surface area contributed by atoms with Crippen molar-refractivity contribution in [2.45, 2.75) is 17.7 Å². The summed E-state index contributed by atoms with van der Waals surface area (Å²) in [5.41, 5.74) is 2.09. The van der Waals surface area contributed by atoms with Crippen LogP contribution < -0.4 is 10.6 Å². The van der Waals surface area contributed by atoms with E-state index in [-0.39, 0.29) is 30.4 Å². The fourth-order valence-corrected chi connectivity index (χ4v) is 4.16. The maximum Gasteiger partial charge on any atom is 0.303 e. The molecule has 0 unspecified atom stereocenters. The van der Waals surface area contributed by atoms with Crippen molar-refractivity contribution in [2.24, 2.45) is 0 Å². The maximum atomic E-state index is 12.2. The lowest BCUT2D eigenvalue weighted by molar-refractivity contribution is -0.138. The van der Waals surface area contributed by atoms with Crippen LogP contribution in [0.4, 0.5) is 10.8 Å². The molecule has 3 aromatic rings. The van der Waals surface area contributed by atoms with Crippen LogP contribution in [0, 0.1) is 0 Å². The molecule has 10 heteroatoms. The highest BCUT2D eigenvalue weighted by molar-refractivity contribution is 8.00. The van der Waals surface area contributed by atoms with Gasteiger partial charge in [0, 0.05) is 33.0 Å². The minimum Gasteiger partial charge on any atom is -0.481 e. The molecule has 2 aromatic carbocycles. The van der Waals surface area contributed by atoms with Gasteiger partial charge >= 0.3 is 5.97 Å². The summed E-state index contributed by atoms with van der Waals surface area (Å²) in [5.74, 6) is -1.36. The highest BCUT2D eigenvalue weighted by atomic mass is 35.5. The first-order chi connectivity index (χ1) is 14.9. The molecule has 160 valence electrons. The van der Waals surface area contributed by atoms with Gasteiger partial charge in [-0.1, -0.05) is 29.8 Å². The van der Waals surface area contributed by atoms with Crippen LogP contribution in [-0.4, -0.2) is 33.6 Å². The summed E-state index contributed by atoms with van der Waals surface area (Å²) in [6.45, 7) is 0. The summed E-state index contributed by atoms with van der Waals surface area (Å²) in [7, 11) is 0. The number of nitrogens with zero attached hydrogens (tertiary/aromatic N) is 1. The highest BCUT2D eigenvalue weighted by Gasteiger charge is 2.11. The summed E-state index contributed by atoms with van der Waals surface area (Å²) in [5, 5.41) is 17.0. The Bertz CT molecular complexity index is 1090. The summed E-state index contributed by atoms with van der Waals surface area (Å²) in [6, 6.07) is 14.4. The first-order valence-electron chi connectivity index (χ1n) is 9.15. The van der Waals surface area contributed by atoms with E-state index in [1.807, 2.05) is 23.6 Å². The molecule has 0 atom stereocenters. The van der Waals surface area contributed by atoms with Crippen molar-refractivity contribution < 1.29 is 19.5 Å². The van der Waals surface area contributed by atoms with E-state index < -0.39 is 5.97 Å². The number of carbonyl (C=O) groups is 3. The van der Waals surface area contributed by atoms with E-state index >= 15 is 0 Å². The van der Waals surface area contributed by atoms with Crippen molar-refractivity contribution in [1.29, 1.82) is 0 Å². The molecule has 0 bridgehead atoms. The summed E-state index contributed by atoms with van der Waals surface area (Å²) in [6.07, 6.45) is -0.297. The van der Waals surface area contributed by atoms with Crippen molar-refractivity contribution in [1.82, 2.24) is 4.98 Å². The van der Waals surface area contributed by atoms with Crippen LogP contribution in [0.3, 0.4) is 0 Å². The molecule has 0 aliphatic heterocycles. The van der Waals surface area contributed by atoms with Crippen LogP contribution in [0.25, 0.3) is 11.3 Å². The average molecular weight is 476 g/mol. The van der Waals surface area contributed by atoms with Crippen LogP contribution in [0.5, 0.6) is 0 Å². The zero-order valence-corrected chi connectivity index (χ0v) is 18.5. The van der Waals surface area contributed by atoms with E-state index in [2.05, 4.69) is 15.6 Å². The normalized spacial score (nSPS) is 10.5. The maximum absolute atomic E-state index is 12.2. The van der Waals surface area contributed by atoms with Crippen molar-refractivity contribution in [3.05, 3.63) is 58.9 Å². The molecule has 31 heavy (non-hydrogen) atoms.